The number of anilines is 1. The second kappa shape index (κ2) is 4.85. The van der Waals surface area contributed by atoms with Crippen LogP contribution in [0.1, 0.15) is 10.4 Å². The van der Waals surface area contributed by atoms with Crippen molar-refractivity contribution in [3.8, 4) is 0 Å². The third kappa shape index (κ3) is 2.24. The maximum atomic E-state index is 12.1. The number of amides is 1. The zero-order chi connectivity index (χ0) is 13.2. The average molecular weight is 317 g/mol. The third-order valence-electron chi connectivity index (χ3n) is 2.76. The summed E-state index contributed by atoms with van der Waals surface area (Å²) in [5.74, 6) is -0.225. The normalized spacial score (nSPS) is 10.6. The molecule has 3 rings (SSSR count). The summed E-state index contributed by atoms with van der Waals surface area (Å²) in [6.07, 6.45) is 3.18. The Hall–Kier alpha value is -2.14. The highest BCUT2D eigenvalue weighted by Crippen LogP contribution is 2.24. The molecule has 0 unspecified atom stereocenters. The summed E-state index contributed by atoms with van der Waals surface area (Å²) >= 11 is 3.19. The Morgan fingerprint density at radius 1 is 1.21 bits per heavy atom. The van der Waals surface area contributed by atoms with Crippen LogP contribution in [-0.4, -0.2) is 10.9 Å². The van der Waals surface area contributed by atoms with Gasteiger partial charge in [0, 0.05) is 11.6 Å². The Labute approximate surface area is 117 Å². The highest BCUT2D eigenvalue weighted by Gasteiger charge is 2.13. The Kier molecular flexibility index (Phi) is 3.05. The maximum Gasteiger partial charge on any atom is 0.260 e. The standard InChI is InChI=1S/C14H9BrN2O2/c15-13-10(6-8-19-13)14(18)17-12-5-1-4-11-9(12)3-2-7-16-11/h1-8H,(H,17,18). The van der Waals surface area contributed by atoms with Gasteiger partial charge in [0.2, 0.25) is 0 Å². The van der Waals surface area contributed by atoms with E-state index >= 15 is 0 Å². The number of furan rings is 1. The number of nitrogens with one attached hydrogen (secondary N) is 1. The zero-order valence-corrected chi connectivity index (χ0v) is 11.3. The highest BCUT2D eigenvalue weighted by molar-refractivity contribution is 9.10. The fourth-order valence-electron chi connectivity index (χ4n) is 1.86. The third-order valence-corrected chi connectivity index (χ3v) is 3.37. The van der Waals surface area contributed by atoms with Crippen LogP contribution in [-0.2, 0) is 0 Å². The number of carbonyl (C=O) groups is 1. The molecule has 1 amide bonds. The minimum atomic E-state index is -0.225. The first-order valence-electron chi connectivity index (χ1n) is 5.64. The molecular weight excluding hydrogens is 308 g/mol. The fourth-order valence-corrected chi connectivity index (χ4v) is 2.28. The number of rotatable bonds is 2. The molecule has 4 nitrogen and oxygen atoms in total. The maximum absolute atomic E-state index is 12.1. The molecule has 5 heteroatoms. The van der Waals surface area contributed by atoms with Crippen LogP contribution in [0.3, 0.4) is 0 Å². The summed E-state index contributed by atoms with van der Waals surface area (Å²) in [5.41, 5.74) is 2.02. The van der Waals surface area contributed by atoms with E-state index in [2.05, 4.69) is 26.2 Å². The topological polar surface area (TPSA) is 55.1 Å². The Morgan fingerprint density at radius 3 is 2.89 bits per heavy atom. The first kappa shape index (κ1) is 11.9. The van der Waals surface area contributed by atoms with Crippen molar-refractivity contribution < 1.29 is 9.21 Å². The Morgan fingerprint density at radius 2 is 2.11 bits per heavy atom. The van der Waals surface area contributed by atoms with Crippen molar-refractivity contribution in [2.75, 3.05) is 5.32 Å². The van der Waals surface area contributed by atoms with Gasteiger partial charge in [-0.25, -0.2) is 0 Å². The van der Waals surface area contributed by atoms with Gasteiger partial charge >= 0.3 is 0 Å². The van der Waals surface area contributed by atoms with Gasteiger partial charge in [-0.05, 0) is 46.3 Å². The molecule has 1 aromatic carbocycles. The molecular formula is C14H9BrN2O2. The predicted octanol–water partition coefficient (Wildman–Crippen LogP) is 3.84. The number of aromatic nitrogens is 1. The molecule has 2 heterocycles. The summed E-state index contributed by atoms with van der Waals surface area (Å²) in [5, 5.41) is 3.76. The lowest BCUT2D eigenvalue weighted by atomic mass is 10.1. The van der Waals surface area contributed by atoms with Crippen molar-refractivity contribution in [2.24, 2.45) is 0 Å². The number of hydrogen-bond donors (Lipinski definition) is 1. The molecule has 0 spiro atoms. The van der Waals surface area contributed by atoms with Gasteiger partial charge in [0.15, 0.2) is 4.67 Å². The number of fused-ring (bicyclic) bond motifs is 1. The van der Waals surface area contributed by atoms with Crippen LogP contribution in [0, 0.1) is 0 Å². The first-order chi connectivity index (χ1) is 9.25. The number of nitrogens with zero attached hydrogens (tertiary/aromatic N) is 1. The molecule has 0 aliphatic carbocycles. The van der Waals surface area contributed by atoms with Crippen LogP contribution in [0.15, 0.2) is 57.9 Å². The van der Waals surface area contributed by atoms with Crippen molar-refractivity contribution in [1.82, 2.24) is 4.98 Å². The van der Waals surface area contributed by atoms with Gasteiger partial charge in [0.25, 0.3) is 5.91 Å². The molecule has 0 fully saturated rings. The van der Waals surface area contributed by atoms with Gasteiger partial charge in [0.05, 0.1) is 23.0 Å². The van der Waals surface area contributed by atoms with Crippen LogP contribution >= 0.6 is 15.9 Å². The zero-order valence-electron chi connectivity index (χ0n) is 9.76. The summed E-state index contributed by atoms with van der Waals surface area (Å²) in [7, 11) is 0. The molecule has 0 saturated carbocycles. The van der Waals surface area contributed by atoms with Crippen LogP contribution < -0.4 is 5.32 Å². The van der Waals surface area contributed by atoms with E-state index < -0.39 is 0 Å². The SMILES string of the molecule is O=C(Nc1cccc2ncccc12)c1ccoc1Br. The van der Waals surface area contributed by atoms with Gasteiger partial charge in [0.1, 0.15) is 0 Å². The van der Waals surface area contributed by atoms with E-state index in [-0.39, 0.29) is 5.91 Å². The average Bonchev–Trinajstić information content (AvgIpc) is 2.85. The highest BCUT2D eigenvalue weighted by atomic mass is 79.9. The van der Waals surface area contributed by atoms with E-state index in [4.69, 9.17) is 4.42 Å². The number of carbonyl (C=O) groups excluding carboxylic acids is 1. The summed E-state index contributed by atoms with van der Waals surface area (Å²) in [4.78, 5) is 16.4. The van der Waals surface area contributed by atoms with E-state index in [0.717, 1.165) is 16.6 Å². The van der Waals surface area contributed by atoms with Crippen molar-refractivity contribution in [1.29, 1.82) is 0 Å². The van der Waals surface area contributed by atoms with Gasteiger partial charge in [-0.1, -0.05) is 6.07 Å². The molecule has 0 aliphatic rings. The van der Waals surface area contributed by atoms with Gasteiger partial charge in [-0.15, -0.1) is 0 Å². The first-order valence-corrected chi connectivity index (χ1v) is 6.43. The van der Waals surface area contributed by atoms with Crippen molar-refractivity contribution in [3.63, 3.8) is 0 Å². The lowest BCUT2D eigenvalue weighted by Gasteiger charge is -2.07. The van der Waals surface area contributed by atoms with E-state index in [9.17, 15) is 4.79 Å². The van der Waals surface area contributed by atoms with Crippen molar-refractivity contribution in [3.05, 3.63) is 59.1 Å². The molecule has 19 heavy (non-hydrogen) atoms. The predicted molar refractivity (Wildman–Crippen MR) is 76.1 cm³/mol. The lowest BCUT2D eigenvalue weighted by molar-refractivity contribution is 0.102. The van der Waals surface area contributed by atoms with Gasteiger partial charge < -0.3 is 9.73 Å². The largest absolute Gasteiger partial charge is 0.457 e. The lowest BCUT2D eigenvalue weighted by Crippen LogP contribution is -2.11. The van der Waals surface area contributed by atoms with E-state index in [1.807, 2.05) is 30.3 Å². The monoisotopic (exact) mass is 316 g/mol. The molecule has 0 saturated heterocycles. The van der Waals surface area contributed by atoms with E-state index in [1.54, 1.807) is 12.3 Å². The smallest absolute Gasteiger partial charge is 0.260 e. The number of benzene rings is 1. The minimum Gasteiger partial charge on any atom is -0.457 e. The van der Waals surface area contributed by atoms with E-state index in [0.29, 0.717) is 10.2 Å². The van der Waals surface area contributed by atoms with E-state index in [1.165, 1.54) is 6.26 Å². The Bertz CT molecular complexity index is 747. The molecule has 2 aromatic heterocycles. The van der Waals surface area contributed by atoms with Crippen molar-refractivity contribution in [2.45, 2.75) is 0 Å². The molecule has 0 aliphatic heterocycles. The van der Waals surface area contributed by atoms with Crippen LogP contribution in [0.5, 0.6) is 0 Å². The number of halogens is 1. The molecule has 1 N–H and O–H groups in total. The molecule has 94 valence electrons. The molecule has 3 aromatic rings. The Balaban J connectivity index is 1.98. The summed E-state index contributed by atoms with van der Waals surface area (Å²) in [6.45, 7) is 0. The minimum absolute atomic E-state index is 0.225. The second-order valence-electron chi connectivity index (χ2n) is 3.94. The quantitative estimate of drug-likeness (QED) is 0.781. The summed E-state index contributed by atoms with van der Waals surface area (Å²) in [6, 6.07) is 11.0. The van der Waals surface area contributed by atoms with Crippen LogP contribution in [0.25, 0.3) is 10.9 Å². The van der Waals surface area contributed by atoms with Crippen molar-refractivity contribution >= 4 is 38.4 Å². The van der Waals surface area contributed by atoms with Gasteiger partial charge in [-0.3, -0.25) is 9.78 Å². The van der Waals surface area contributed by atoms with Crippen LogP contribution in [0.4, 0.5) is 5.69 Å². The number of pyridine rings is 1. The molecule has 0 radical (unpaired) electrons. The number of hydrogen-bond acceptors (Lipinski definition) is 3. The molecule has 0 bridgehead atoms. The summed E-state index contributed by atoms with van der Waals surface area (Å²) < 4.78 is 5.47. The fraction of sp³-hybridized carbons (Fsp3) is 0. The second-order valence-corrected chi connectivity index (χ2v) is 4.66. The van der Waals surface area contributed by atoms with Gasteiger partial charge in [-0.2, -0.15) is 0 Å². The van der Waals surface area contributed by atoms with Crippen LogP contribution in [0.2, 0.25) is 0 Å². The molecule has 0 atom stereocenters.